The number of carbonyl (C=O) groups excluding carboxylic acids is 2. The Balaban J connectivity index is 3.30. The third-order valence-corrected chi connectivity index (χ3v) is 4.12. The molecule has 0 unspecified atom stereocenters. The van der Waals surface area contributed by atoms with Crippen LogP contribution in [0.1, 0.15) is 60.8 Å². The lowest BCUT2D eigenvalue weighted by Crippen LogP contribution is -2.35. The van der Waals surface area contributed by atoms with Crippen LogP contribution in [0.5, 0.6) is 0 Å². The molecule has 0 aromatic carbocycles. The third kappa shape index (κ3) is 5.05. The second kappa shape index (κ2) is 8.27. The van der Waals surface area contributed by atoms with Gasteiger partial charge in [0.15, 0.2) is 11.6 Å². The maximum atomic E-state index is 13.2. The molecule has 1 rings (SSSR count). The Morgan fingerprint density at radius 3 is 2.04 bits per heavy atom. The van der Waals surface area contributed by atoms with Gasteiger partial charge in [0, 0.05) is 6.42 Å². The Bertz CT molecular complexity index is 599. The summed E-state index contributed by atoms with van der Waals surface area (Å²) in [7, 11) is 0. The van der Waals surface area contributed by atoms with Gasteiger partial charge in [-0.25, -0.2) is 0 Å². The van der Waals surface area contributed by atoms with Gasteiger partial charge in [0.2, 0.25) is 0 Å². The normalized spacial score (nSPS) is 16.4. The van der Waals surface area contributed by atoms with Crippen molar-refractivity contribution in [3.8, 4) is 0 Å². The van der Waals surface area contributed by atoms with E-state index in [0.717, 1.165) is 11.1 Å². The molecule has 0 spiro atoms. The van der Waals surface area contributed by atoms with Gasteiger partial charge in [-0.1, -0.05) is 43.2 Å². The average molecular weight is 330 g/mol. The summed E-state index contributed by atoms with van der Waals surface area (Å²) in [4.78, 5) is 25.6. The SMILES string of the molecule is CC(C)=CCC1(CC=C(C)C)C=CC(O)=C(C(=O)CC(C)C)C1=O. The van der Waals surface area contributed by atoms with Gasteiger partial charge in [-0.15, -0.1) is 0 Å². The monoisotopic (exact) mass is 330 g/mol. The molecule has 132 valence electrons. The summed E-state index contributed by atoms with van der Waals surface area (Å²) in [6.07, 6.45) is 8.64. The summed E-state index contributed by atoms with van der Waals surface area (Å²) in [5.74, 6) is -0.587. The highest BCUT2D eigenvalue weighted by Crippen LogP contribution is 2.39. The highest BCUT2D eigenvalue weighted by molar-refractivity contribution is 6.23. The fourth-order valence-electron chi connectivity index (χ4n) is 2.68. The van der Waals surface area contributed by atoms with Crippen molar-refractivity contribution < 1.29 is 14.7 Å². The van der Waals surface area contributed by atoms with Crippen LogP contribution in [0.3, 0.4) is 0 Å². The molecule has 0 saturated heterocycles. The van der Waals surface area contributed by atoms with E-state index < -0.39 is 5.41 Å². The van der Waals surface area contributed by atoms with E-state index in [1.165, 1.54) is 6.08 Å². The first-order chi connectivity index (χ1) is 11.1. The van der Waals surface area contributed by atoms with Crippen molar-refractivity contribution in [2.24, 2.45) is 11.3 Å². The fraction of sp³-hybridized carbons (Fsp3) is 0.524. The van der Waals surface area contributed by atoms with E-state index in [9.17, 15) is 14.7 Å². The lowest BCUT2D eigenvalue weighted by atomic mass is 9.70. The highest BCUT2D eigenvalue weighted by atomic mass is 16.3. The molecule has 0 atom stereocenters. The van der Waals surface area contributed by atoms with E-state index in [1.54, 1.807) is 6.08 Å². The maximum Gasteiger partial charge on any atom is 0.180 e. The van der Waals surface area contributed by atoms with Crippen molar-refractivity contribution in [3.05, 3.63) is 46.8 Å². The number of hydrogen-bond donors (Lipinski definition) is 1. The quantitative estimate of drug-likeness (QED) is 0.512. The van der Waals surface area contributed by atoms with Gasteiger partial charge in [0.25, 0.3) is 0 Å². The summed E-state index contributed by atoms with van der Waals surface area (Å²) in [6, 6.07) is 0. The second-order valence-corrected chi connectivity index (χ2v) is 7.57. The molecule has 1 aliphatic rings. The van der Waals surface area contributed by atoms with Crippen LogP contribution in [0.2, 0.25) is 0 Å². The van der Waals surface area contributed by atoms with Crippen LogP contribution in [-0.4, -0.2) is 16.7 Å². The molecule has 0 radical (unpaired) electrons. The number of carbonyl (C=O) groups is 2. The zero-order valence-corrected chi connectivity index (χ0v) is 15.8. The van der Waals surface area contributed by atoms with Crippen LogP contribution < -0.4 is 0 Å². The van der Waals surface area contributed by atoms with Crippen molar-refractivity contribution in [1.82, 2.24) is 0 Å². The molecular weight excluding hydrogens is 300 g/mol. The Labute approximate surface area is 145 Å². The molecule has 3 nitrogen and oxygen atoms in total. The molecule has 0 aliphatic heterocycles. The minimum Gasteiger partial charge on any atom is -0.507 e. The van der Waals surface area contributed by atoms with E-state index in [-0.39, 0.29) is 35.2 Å². The molecule has 0 fully saturated rings. The van der Waals surface area contributed by atoms with Crippen LogP contribution in [0, 0.1) is 11.3 Å². The van der Waals surface area contributed by atoms with Crippen LogP contribution in [0.15, 0.2) is 46.8 Å². The molecule has 0 aromatic rings. The van der Waals surface area contributed by atoms with Crippen molar-refractivity contribution in [3.63, 3.8) is 0 Å². The first-order valence-corrected chi connectivity index (χ1v) is 8.56. The molecule has 1 aliphatic carbocycles. The van der Waals surface area contributed by atoms with Gasteiger partial charge < -0.3 is 5.11 Å². The van der Waals surface area contributed by atoms with Gasteiger partial charge in [-0.05, 0) is 52.5 Å². The molecule has 0 aromatic heterocycles. The Morgan fingerprint density at radius 2 is 1.62 bits per heavy atom. The van der Waals surface area contributed by atoms with Crippen molar-refractivity contribution in [2.75, 3.05) is 0 Å². The number of rotatable bonds is 7. The zero-order valence-electron chi connectivity index (χ0n) is 15.8. The molecule has 0 heterocycles. The molecule has 3 heteroatoms. The number of aliphatic hydroxyl groups excluding tert-OH is 1. The van der Waals surface area contributed by atoms with Crippen LogP contribution >= 0.6 is 0 Å². The lowest BCUT2D eigenvalue weighted by molar-refractivity contribution is -0.126. The smallest absolute Gasteiger partial charge is 0.180 e. The van der Waals surface area contributed by atoms with Crippen molar-refractivity contribution in [1.29, 1.82) is 0 Å². The van der Waals surface area contributed by atoms with Gasteiger partial charge in [-0.2, -0.15) is 0 Å². The zero-order chi connectivity index (χ0) is 18.5. The second-order valence-electron chi connectivity index (χ2n) is 7.57. The van der Waals surface area contributed by atoms with Crippen LogP contribution in [-0.2, 0) is 9.59 Å². The molecule has 1 N–H and O–H groups in total. The number of hydrogen-bond acceptors (Lipinski definition) is 3. The predicted molar refractivity (Wildman–Crippen MR) is 98.8 cm³/mol. The van der Waals surface area contributed by atoms with Crippen LogP contribution in [0.25, 0.3) is 0 Å². The van der Waals surface area contributed by atoms with Crippen LogP contribution in [0.4, 0.5) is 0 Å². The minimum atomic E-state index is -0.789. The van der Waals surface area contributed by atoms with Crippen molar-refractivity contribution >= 4 is 11.6 Å². The van der Waals surface area contributed by atoms with E-state index in [2.05, 4.69) is 0 Å². The lowest BCUT2D eigenvalue weighted by Gasteiger charge is -2.31. The summed E-state index contributed by atoms with van der Waals surface area (Å²) in [5, 5.41) is 10.1. The Hall–Kier alpha value is -1.90. The van der Waals surface area contributed by atoms with Crippen molar-refractivity contribution in [2.45, 2.75) is 60.8 Å². The van der Waals surface area contributed by atoms with Gasteiger partial charge in [0.1, 0.15) is 11.3 Å². The molecule has 0 saturated carbocycles. The Morgan fingerprint density at radius 1 is 1.12 bits per heavy atom. The number of allylic oxidation sites excluding steroid dienone is 7. The van der Waals surface area contributed by atoms with E-state index in [0.29, 0.717) is 12.8 Å². The van der Waals surface area contributed by atoms with E-state index in [4.69, 9.17) is 0 Å². The first-order valence-electron chi connectivity index (χ1n) is 8.56. The maximum absolute atomic E-state index is 13.2. The molecule has 24 heavy (non-hydrogen) atoms. The van der Waals surface area contributed by atoms with E-state index in [1.807, 2.05) is 53.7 Å². The van der Waals surface area contributed by atoms with E-state index >= 15 is 0 Å². The third-order valence-electron chi connectivity index (χ3n) is 4.12. The standard InChI is InChI=1S/C21H30O3/c1-14(2)7-10-21(11-8-15(3)4)12-9-17(22)19(20(21)24)18(23)13-16(5)6/h7-9,12,16,22H,10-11,13H2,1-6H3. The summed E-state index contributed by atoms with van der Waals surface area (Å²) >= 11 is 0. The predicted octanol–water partition coefficient (Wildman–Crippen LogP) is 5.25. The Kier molecular flexibility index (Phi) is 6.94. The molecule has 0 amide bonds. The molecular formula is C21H30O3. The number of Topliss-reactive ketones (excluding diaryl/α,β-unsaturated/α-hetero) is 2. The van der Waals surface area contributed by atoms with Gasteiger partial charge >= 0.3 is 0 Å². The number of aliphatic hydroxyl groups is 1. The van der Waals surface area contributed by atoms with Gasteiger partial charge in [-0.3, -0.25) is 9.59 Å². The summed E-state index contributed by atoms with van der Waals surface area (Å²) in [5.41, 5.74) is 1.43. The minimum absolute atomic E-state index is 0.0319. The van der Waals surface area contributed by atoms with Gasteiger partial charge in [0.05, 0.1) is 5.41 Å². The summed E-state index contributed by atoms with van der Waals surface area (Å²) in [6.45, 7) is 11.8. The topological polar surface area (TPSA) is 54.4 Å². The fourth-order valence-corrected chi connectivity index (χ4v) is 2.68. The largest absolute Gasteiger partial charge is 0.507 e. The first kappa shape index (κ1) is 20.1. The highest BCUT2D eigenvalue weighted by Gasteiger charge is 2.41. The summed E-state index contributed by atoms with van der Waals surface area (Å²) < 4.78 is 0. The number of ketones is 2. The molecule has 0 bridgehead atoms. The average Bonchev–Trinajstić information content (AvgIpc) is 2.45.